The summed E-state index contributed by atoms with van der Waals surface area (Å²) >= 11 is 0. The molecule has 10 heteroatoms. The maximum atomic E-state index is 13.7. The van der Waals surface area contributed by atoms with Crippen molar-refractivity contribution in [2.75, 3.05) is 6.54 Å². The van der Waals surface area contributed by atoms with Crippen LogP contribution < -0.4 is 10.6 Å². The first-order valence-corrected chi connectivity index (χ1v) is 13.2. The van der Waals surface area contributed by atoms with Crippen LogP contribution in [0.2, 0.25) is 0 Å². The number of likely N-dealkylation sites (tertiary alicyclic amines) is 1. The van der Waals surface area contributed by atoms with Gasteiger partial charge in [0.05, 0.1) is 6.20 Å². The van der Waals surface area contributed by atoms with Crippen molar-refractivity contribution in [1.82, 2.24) is 25.5 Å². The fourth-order valence-electron chi connectivity index (χ4n) is 6.28. The van der Waals surface area contributed by atoms with Crippen molar-refractivity contribution in [3.63, 3.8) is 0 Å². The van der Waals surface area contributed by atoms with Gasteiger partial charge >= 0.3 is 5.97 Å². The molecule has 2 aliphatic carbocycles. The lowest BCUT2D eigenvalue weighted by Gasteiger charge is -2.34. The van der Waals surface area contributed by atoms with Gasteiger partial charge in [-0.25, -0.2) is 9.78 Å². The summed E-state index contributed by atoms with van der Waals surface area (Å²) in [6, 6.07) is -2.55. The molecule has 1 aliphatic heterocycles. The molecular formula is C26H37N5O5. The number of carboxylic acid groups (broad SMARTS) is 1. The topological polar surface area (TPSA) is 142 Å². The predicted octanol–water partition coefficient (Wildman–Crippen LogP) is 2.01. The number of aromatic nitrogens is 2. The third-order valence-electron chi connectivity index (χ3n) is 8.14. The van der Waals surface area contributed by atoms with Gasteiger partial charge in [0, 0.05) is 18.9 Å². The highest BCUT2D eigenvalue weighted by Crippen LogP contribution is 2.42. The van der Waals surface area contributed by atoms with Crippen LogP contribution in [0.5, 0.6) is 0 Å². The molecule has 0 aromatic carbocycles. The van der Waals surface area contributed by atoms with Crippen LogP contribution in [0, 0.1) is 23.7 Å². The first kappa shape index (κ1) is 26.0. The molecule has 3 aliphatic rings. The molecule has 1 aromatic heterocycles. The molecule has 4 rings (SSSR count). The van der Waals surface area contributed by atoms with E-state index in [0.717, 1.165) is 51.4 Å². The molecule has 196 valence electrons. The summed E-state index contributed by atoms with van der Waals surface area (Å²) in [5, 5.41) is 15.6. The fourth-order valence-corrected chi connectivity index (χ4v) is 6.28. The summed E-state index contributed by atoms with van der Waals surface area (Å²) in [6.45, 7) is 4.08. The van der Waals surface area contributed by atoms with E-state index in [0.29, 0.717) is 6.54 Å². The maximum Gasteiger partial charge on any atom is 0.326 e. The lowest BCUT2D eigenvalue weighted by atomic mass is 9.83. The number of amides is 3. The number of carbonyl (C=O) groups excluding carboxylic acids is 3. The Morgan fingerprint density at radius 3 is 2.39 bits per heavy atom. The van der Waals surface area contributed by atoms with E-state index in [9.17, 15) is 24.3 Å². The minimum Gasteiger partial charge on any atom is -0.480 e. The van der Waals surface area contributed by atoms with Gasteiger partial charge in [0.2, 0.25) is 11.8 Å². The predicted molar refractivity (Wildman–Crippen MR) is 131 cm³/mol. The monoisotopic (exact) mass is 499 g/mol. The standard InChI is InChI=1S/C26H37N5O5/c1-15(2)20(25(34)31-14-17-9-6-10-18(17)22(31)26(35)36)29-24(33)21(16-7-4-3-5-8-16)30-23(32)19-13-27-11-12-28-19/h11-13,15-18,20-22H,3-10,14H2,1-2H3,(H,29,33)(H,30,32)(H,35,36)/t17-,18-,20-,21-,22-/m0/s1. The Morgan fingerprint density at radius 1 is 1.00 bits per heavy atom. The van der Waals surface area contributed by atoms with Crippen LogP contribution >= 0.6 is 0 Å². The van der Waals surface area contributed by atoms with E-state index in [1.165, 1.54) is 23.5 Å². The third-order valence-corrected chi connectivity index (χ3v) is 8.14. The minimum atomic E-state index is -0.983. The van der Waals surface area contributed by atoms with Gasteiger partial charge in [0.25, 0.3) is 5.91 Å². The van der Waals surface area contributed by atoms with Crippen molar-refractivity contribution in [3.8, 4) is 0 Å². The summed E-state index contributed by atoms with van der Waals surface area (Å²) in [7, 11) is 0. The van der Waals surface area contributed by atoms with Crippen LogP contribution in [0.1, 0.15) is 75.7 Å². The third kappa shape index (κ3) is 5.52. The average Bonchev–Trinajstić information content (AvgIpc) is 3.47. The molecule has 1 aromatic rings. The lowest BCUT2D eigenvalue weighted by Crippen LogP contribution is -2.59. The summed E-state index contributed by atoms with van der Waals surface area (Å²) < 4.78 is 0. The number of nitrogens with zero attached hydrogens (tertiary/aromatic N) is 3. The lowest BCUT2D eigenvalue weighted by molar-refractivity contribution is -0.151. The van der Waals surface area contributed by atoms with Gasteiger partial charge < -0.3 is 20.6 Å². The Labute approximate surface area is 211 Å². The Balaban J connectivity index is 1.52. The van der Waals surface area contributed by atoms with Crippen LogP contribution in [0.25, 0.3) is 0 Å². The van der Waals surface area contributed by atoms with Gasteiger partial charge in [-0.05, 0) is 49.4 Å². The van der Waals surface area contributed by atoms with E-state index in [1.807, 2.05) is 13.8 Å². The Morgan fingerprint density at radius 2 is 1.75 bits per heavy atom. The molecule has 2 heterocycles. The number of rotatable bonds is 8. The Hall–Kier alpha value is -3.04. The smallest absolute Gasteiger partial charge is 0.326 e. The largest absolute Gasteiger partial charge is 0.480 e. The number of hydrogen-bond acceptors (Lipinski definition) is 6. The van der Waals surface area contributed by atoms with Crippen molar-refractivity contribution in [2.24, 2.45) is 23.7 Å². The molecule has 36 heavy (non-hydrogen) atoms. The van der Waals surface area contributed by atoms with Crippen molar-refractivity contribution in [1.29, 1.82) is 0 Å². The van der Waals surface area contributed by atoms with E-state index < -0.39 is 35.9 Å². The quantitative estimate of drug-likeness (QED) is 0.497. The SMILES string of the molecule is CC(C)[C@H](NC(=O)[C@@H](NC(=O)c1cnccn1)C1CCCCC1)C(=O)N1C[C@@H]2CCC[C@@H]2[C@H]1C(=O)O. The summed E-state index contributed by atoms with van der Waals surface area (Å²) in [4.78, 5) is 61.7. The molecule has 0 unspecified atom stereocenters. The van der Waals surface area contributed by atoms with Crippen LogP contribution in [0.15, 0.2) is 18.6 Å². The number of carbonyl (C=O) groups is 4. The van der Waals surface area contributed by atoms with Gasteiger partial charge in [0.1, 0.15) is 23.8 Å². The molecule has 2 saturated carbocycles. The molecule has 1 saturated heterocycles. The van der Waals surface area contributed by atoms with Crippen molar-refractivity contribution in [3.05, 3.63) is 24.3 Å². The van der Waals surface area contributed by atoms with Gasteiger partial charge in [-0.1, -0.05) is 39.5 Å². The zero-order chi connectivity index (χ0) is 25.8. The number of carboxylic acids is 1. The average molecular weight is 500 g/mol. The van der Waals surface area contributed by atoms with Gasteiger partial charge in [-0.3, -0.25) is 19.4 Å². The van der Waals surface area contributed by atoms with E-state index >= 15 is 0 Å². The fraction of sp³-hybridized carbons (Fsp3) is 0.692. The summed E-state index contributed by atoms with van der Waals surface area (Å²) in [6.07, 6.45) is 11.6. The van der Waals surface area contributed by atoms with Crippen LogP contribution in [0.3, 0.4) is 0 Å². The molecule has 3 N–H and O–H groups in total. The normalized spacial score (nSPS) is 25.8. The molecular weight excluding hydrogens is 462 g/mol. The van der Waals surface area contributed by atoms with E-state index in [1.54, 1.807) is 0 Å². The highest BCUT2D eigenvalue weighted by molar-refractivity contribution is 5.97. The first-order chi connectivity index (χ1) is 17.3. The summed E-state index contributed by atoms with van der Waals surface area (Å²) in [5.74, 6) is -2.39. The van der Waals surface area contributed by atoms with Gasteiger partial charge in [-0.2, -0.15) is 0 Å². The van der Waals surface area contributed by atoms with Crippen molar-refractivity contribution < 1.29 is 24.3 Å². The molecule has 10 nitrogen and oxygen atoms in total. The van der Waals surface area contributed by atoms with Crippen LogP contribution in [0.4, 0.5) is 0 Å². The number of nitrogens with one attached hydrogen (secondary N) is 2. The van der Waals surface area contributed by atoms with E-state index in [-0.39, 0.29) is 35.3 Å². The molecule has 0 spiro atoms. The van der Waals surface area contributed by atoms with Gasteiger partial charge in [-0.15, -0.1) is 0 Å². The van der Waals surface area contributed by atoms with Gasteiger partial charge in [0.15, 0.2) is 0 Å². The minimum absolute atomic E-state index is 0.0313. The second-order valence-electron chi connectivity index (χ2n) is 10.8. The Kier molecular flexibility index (Phi) is 8.21. The molecule has 5 atom stereocenters. The molecule has 3 fully saturated rings. The molecule has 3 amide bonds. The van der Waals surface area contributed by atoms with Crippen molar-refractivity contribution >= 4 is 23.7 Å². The zero-order valence-electron chi connectivity index (χ0n) is 21.1. The molecule has 0 radical (unpaired) electrons. The maximum absolute atomic E-state index is 13.7. The number of aliphatic carboxylic acids is 1. The molecule has 0 bridgehead atoms. The number of fused-ring (bicyclic) bond motifs is 1. The zero-order valence-corrected chi connectivity index (χ0v) is 21.1. The first-order valence-electron chi connectivity index (χ1n) is 13.2. The van der Waals surface area contributed by atoms with Crippen LogP contribution in [-0.2, 0) is 14.4 Å². The highest BCUT2D eigenvalue weighted by Gasteiger charge is 2.51. The summed E-state index contributed by atoms with van der Waals surface area (Å²) in [5.41, 5.74) is 0.121. The van der Waals surface area contributed by atoms with E-state index in [4.69, 9.17) is 0 Å². The second kappa shape index (κ2) is 11.3. The van der Waals surface area contributed by atoms with Crippen molar-refractivity contribution in [2.45, 2.75) is 83.3 Å². The van der Waals surface area contributed by atoms with Crippen LogP contribution in [-0.4, -0.2) is 68.3 Å². The Bertz CT molecular complexity index is 965. The highest BCUT2D eigenvalue weighted by atomic mass is 16.4. The number of hydrogen-bond donors (Lipinski definition) is 3. The van der Waals surface area contributed by atoms with E-state index in [2.05, 4.69) is 20.6 Å². The second-order valence-corrected chi connectivity index (χ2v) is 10.8.